The van der Waals surface area contributed by atoms with Gasteiger partial charge in [0.25, 0.3) is 0 Å². The van der Waals surface area contributed by atoms with E-state index in [-0.39, 0.29) is 6.61 Å². The van der Waals surface area contributed by atoms with Crippen LogP contribution in [0.15, 0.2) is 29.4 Å². The number of esters is 1. The maximum absolute atomic E-state index is 12.5. The summed E-state index contributed by atoms with van der Waals surface area (Å²) in [6.07, 6.45) is 4.26. The summed E-state index contributed by atoms with van der Waals surface area (Å²) in [6, 6.07) is 6.55. The van der Waals surface area contributed by atoms with Crippen LogP contribution in [-0.2, 0) is 17.6 Å². The molecule has 1 aliphatic rings. The van der Waals surface area contributed by atoms with Crippen molar-refractivity contribution in [1.29, 1.82) is 0 Å². The predicted molar refractivity (Wildman–Crippen MR) is 113 cm³/mol. The Balaban J connectivity index is 1.72. The van der Waals surface area contributed by atoms with Crippen molar-refractivity contribution in [3.63, 3.8) is 0 Å². The van der Waals surface area contributed by atoms with Gasteiger partial charge in [-0.1, -0.05) is 30.7 Å². The van der Waals surface area contributed by atoms with E-state index in [2.05, 4.69) is 22.8 Å². The van der Waals surface area contributed by atoms with Crippen LogP contribution in [0.5, 0.6) is 0 Å². The van der Waals surface area contributed by atoms with Crippen LogP contribution in [0.2, 0.25) is 5.02 Å². The lowest BCUT2D eigenvalue weighted by molar-refractivity contribution is 0.0526. The average Bonchev–Trinajstić information content (AvgIpc) is 3.00. The third kappa shape index (κ3) is 4.91. The number of nitrogens with one attached hydrogen (secondary N) is 2. The van der Waals surface area contributed by atoms with Crippen LogP contribution in [0.3, 0.4) is 0 Å². The molecule has 0 radical (unpaired) electrons. The van der Waals surface area contributed by atoms with E-state index in [1.165, 1.54) is 17.6 Å². The quantitative estimate of drug-likeness (QED) is 0.412. The molecule has 28 heavy (non-hydrogen) atoms. The summed E-state index contributed by atoms with van der Waals surface area (Å²) >= 11 is 7.28. The SMILES string of the molecule is CCOC(=O)c1c(NC(=O)NN=Cc2ccc(Cl)cc2)sc2c1CCC(C)C2. The molecule has 148 valence electrons. The fourth-order valence-corrected chi connectivity index (χ4v) is 4.62. The van der Waals surface area contributed by atoms with Crippen molar-refractivity contribution in [2.45, 2.75) is 33.1 Å². The first-order valence-electron chi connectivity index (χ1n) is 9.15. The highest BCUT2D eigenvalue weighted by Crippen LogP contribution is 2.40. The molecule has 0 saturated heterocycles. The van der Waals surface area contributed by atoms with Crippen molar-refractivity contribution < 1.29 is 14.3 Å². The molecule has 1 heterocycles. The molecule has 8 heteroatoms. The Morgan fingerprint density at radius 3 is 2.82 bits per heavy atom. The van der Waals surface area contributed by atoms with Crippen LogP contribution in [-0.4, -0.2) is 24.8 Å². The number of benzene rings is 1. The molecule has 2 N–H and O–H groups in total. The predicted octanol–water partition coefficient (Wildman–Crippen LogP) is 4.86. The second kappa shape index (κ2) is 9.21. The summed E-state index contributed by atoms with van der Waals surface area (Å²) in [5, 5.41) is 7.82. The minimum Gasteiger partial charge on any atom is -0.462 e. The van der Waals surface area contributed by atoms with Crippen molar-refractivity contribution >= 4 is 46.2 Å². The molecule has 3 rings (SSSR count). The van der Waals surface area contributed by atoms with Gasteiger partial charge in [0.1, 0.15) is 5.00 Å². The smallest absolute Gasteiger partial charge is 0.341 e. The topological polar surface area (TPSA) is 79.8 Å². The molecule has 1 aliphatic carbocycles. The summed E-state index contributed by atoms with van der Waals surface area (Å²) in [6.45, 7) is 4.25. The van der Waals surface area contributed by atoms with Gasteiger partial charge >= 0.3 is 12.0 Å². The summed E-state index contributed by atoms with van der Waals surface area (Å²) in [7, 11) is 0. The summed E-state index contributed by atoms with van der Waals surface area (Å²) in [5.74, 6) is 0.168. The largest absolute Gasteiger partial charge is 0.462 e. The van der Waals surface area contributed by atoms with E-state index in [0.717, 1.165) is 35.3 Å². The molecule has 1 aromatic heterocycles. The molecule has 0 saturated carbocycles. The molecule has 0 aliphatic heterocycles. The number of ether oxygens (including phenoxy) is 1. The van der Waals surface area contributed by atoms with Crippen molar-refractivity contribution in [2.24, 2.45) is 11.0 Å². The molecule has 2 aromatic rings. The molecule has 1 aromatic carbocycles. The minimum absolute atomic E-state index is 0.289. The number of rotatable bonds is 5. The number of hydrogen-bond donors (Lipinski definition) is 2. The van der Waals surface area contributed by atoms with E-state index >= 15 is 0 Å². The number of fused-ring (bicyclic) bond motifs is 1. The van der Waals surface area contributed by atoms with Gasteiger partial charge < -0.3 is 4.74 Å². The van der Waals surface area contributed by atoms with E-state index in [9.17, 15) is 9.59 Å². The van der Waals surface area contributed by atoms with Gasteiger partial charge in [0.05, 0.1) is 18.4 Å². The first-order chi connectivity index (χ1) is 13.5. The number of urea groups is 1. The number of hydrogen-bond acceptors (Lipinski definition) is 5. The zero-order chi connectivity index (χ0) is 20.1. The second-order valence-electron chi connectivity index (χ2n) is 6.65. The molecule has 0 fully saturated rings. The van der Waals surface area contributed by atoms with E-state index < -0.39 is 12.0 Å². The molecular formula is C20H22ClN3O3S. The minimum atomic E-state index is -0.512. The van der Waals surface area contributed by atoms with Gasteiger partial charge in [-0.05, 0) is 55.4 Å². The number of amides is 2. The highest BCUT2D eigenvalue weighted by molar-refractivity contribution is 7.17. The molecule has 1 unspecified atom stereocenters. The highest BCUT2D eigenvalue weighted by Gasteiger charge is 2.29. The van der Waals surface area contributed by atoms with Crippen molar-refractivity contribution in [3.05, 3.63) is 50.9 Å². The number of nitrogens with zero attached hydrogens (tertiary/aromatic N) is 1. The van der Waals surface area contributed by atoms with Crippen molar-refractivity contribution in [2.75, 3.05) is 11.9 Å². The van der Waals surface area contributed by atoms with Crippen molar-refractivity contribution in [3.8, 4) is 0 Å². The van der Waals surface area contributed by atoms with Gasteiger partial charge in [-0.2, -0.15) is 5.10 Å². The van der Waals surface area contributed by atoms with Crippen LogP contribution < -0.4 is 10.7 Å². The Morgan fingerprint density at radius 1 is 1.36 bits per heavy atom. The van der Waals surface area contributed by atoms with Crippen molar-refractivity contribution in [1.82, 2.24) is 5.43 Å². The third-order valence-electron chi connectivity index (χ3n) is 4.47. The number of anilines is 1. The van der Waals surface area contributed by atoms with Gasteiger partial charge in [-0.15, -0.1) is 11.3 Å². The molecule has 0 spiro atoms. The summed E-state index contributed by atoms with van der Waals surface area (Å²) in [5.41, 5.74) is 4.70. The molecule has 6 nitrogen and oxygen atoms in total. The first-order valence-corrected chi connectivity index (χ1v) is 10.3. The lowest BCUT2D eigenvalue weighted by Gasteiger charge is -2.18. The molecule has 2 amide bonds. The maximum Gasteiger partial charge on any atom is 0.341 e. The van der Waals surface area contributed by atoms with E-state index in [1.807, 2.05) is 0 Å². The standard InChI is InChI=1S/C20H22ClN3O3S/c1-3-27-19(25)17-15-9-4-12(2)10-16(15)28-18(17)23-20(26)24-22-11-13-5-7-14(21)8-6-13/h5-8,11-12H,3-4,9-10H2,1-2H3,(H2,23,24,26). The highest BCUT2D eigenvalue weighted by atomic mass is 35.5. The zero-order valence-corrected chi connectivity index (χ0v) is 17.3. The van der Waals surface area contributed by atoms with Gasteiger partial charge in [-0.3, -0.25) is 5.32 Å². The second-order valence-corrected chi connectivity index (χ2v) is 8.19. The Hall–Kier alpha value is -2.38. The lowest BCUT2D eigenvalue weighted by Crippen LogP contribution is -2.25. The number of hydrazone groups is 1. The van der Waals surface area contributed by atoms with Crippen LogP contribution in [0.1, 0.15) is 46.6 Å². The fraction of sp³-hybridized carbons (Fsp3) is 0.350. The van der Waals surface area contributed by atoms with Crippen LogP contribution in [0, 0.1) is 5.92 Å². The summed E-state index contributed by atoms with van der Waals surface area (Å²) in [4.78, 5) is 25.9. The van der Waals surface area contributed by atoms with Crippen LogP contribution in [0.4, 0.5) is 9.80 Å². The number of thiophene rings is 1. The first kappa shape index (κ1) is 20.4. The van der Waals surface area contributed by atoms with E-state index in [0.29, 0.717) is 21.5 Å². The van der Waals surface area contributed by atoms with Gasteiger partial charge in [-0.25, -0.2) is 15.0 Å². The van der Waals surface area contributed by atoms with Gasteiger partial charge in [0.2, 0.25) is 0 Å². The number of halogens is 1. The zero-order valence-electron chi connectivity index (χ0n) is 15.8. The Labute approximate surface area is 172 Å². The van der Waals surface area contributed by atoms with Gasteiger partial charge in [0.15, 0.2) is 0 Å². The Bertz CT molecular complexity index is 893. The maximum atomic E-state index is 12.5. The van der Waals surface area contributed by atoms with Gasteiger partial charge in [0, 0.05) is 9.90 Å². The monoisotopic (exact) mass is 419 g/mol. The lowest BCUT2D eigenvalue weighted by atomic mass is 9.88. The van der Waals surface area contributed by atoms with E-state index in [1.54, 1.807) is 31.2 Å². The Morgan fingerprint density at radius 2 is 2.11 bits per heavy atom. The molecule has 0 bridgehead atoms. The van der Waals surface area contributed by atoms with Crippen LogP contribution >= 0.6 is 22.9 Å². The molecule has 1 atom stereocenters. The number of carbonyl (C=O) groups excluding carboxylic acids is 2. The van der Waals surface area contributed by atoms with E-state index in [4.69, 9.17) is 16.3 Å². The third-order valence-corrected chi connectivity index (χ3v) is 5.89. The van der Waals surface area contributed by atoms with Crippen LogP contribution in [0.25, 0.3) is 0 Å². The Kier molecular flexibility index (Phi) is 6.70. The fourth-order valence-electron chi connectivity index (χ4n) is 3.10. The normalized spacial score (nSPS) is 15.9. The average molecular weight is 420 g/mol. The number of carbonyl (C=O) groups is 2. The summed E-state index contributed by atoms with van der Waals surface area (Å²) < 4.78 is 5.21. The molecular weight excluding hydrogens is 398 g/mol.